The third-order valence-corrected chi connectivity index (χ3v) is 6.45. The quantitative estimate of drug-likeness (QED) is 0.756. The molecule has 3 rings (SSSR count). The highest BCUT2D eigenvalue weighted by atomic mass is 16.4. The van der Waals surface area contributed by atoms with Crippen molar-refractivity contribution < 1.29 is 19.8 Å². The average molecular weight is 352 g/mol. The molecule has 0 radical (unpaired) electrons. The van der Waals surface area contributed by atoms with Crippen LogP contribution in [0.4, 0.5) is 0 Å². The van der Waals surface area contributed by atoms with Crippen molar-refractivity contribution in [2.75, 3.05) is 32.7 Å². The van der Waals surface area contributed by atoms with Crippen LogP contribution in [-0.2, 0) is 9.59 Å². The molecule has 6 nitrogen and oxygen atoms in total. The summed E-state index contributed by atoms with van der Waals surface area (Å²) < 4.78 is 0. The van der Waals surface area contributed by atoms with E-state index in [9.17, 15) is 14.7 Å². The molecule has 0 bridgehead atoms. The van der Waals surface area contributed by atoms with Crippen molar-refractivity contribution in [3.05, 3.63) is 0 Å². The molecule has 2 aliphatic heterocycles. The largest absolute Gasteiger partial charge is 0.480 e. The molecule has 6 heteroatoms. The van der Waals surface area contributed by atoms with Crippen LogP contribution in [0.5, 0.6) is 0 Å². The number of hydrogen-bond acceptors (Lipinski definition) is 4. The van der Waals surface area contributed by atoms with Crippen LogP contribution in [0.1, 0.15) is 57.8 Å². The van der Waals surface area contributed by atoms with Gasteiger partial charge in [0.05, 0.1) is 12.6 Å². The number of aliphatic carboxylic acids is 1. The minimum atomic E-state index is -0.825. The fourth-order valence-corrected chi connectivity index (χ4v) is 5.10. The van der Waals surface area contributed by atoms with Crippen molar-refractivity contribution in [3.63, 3.8) is 0 Å². The Bertz CT molecular complexity index is 490. The summed E-state index contributed by atoms with van der Waals surface area (Å²) >= 11 is 0. The maximum Gasteiger partial charge on any atom is 0.317 e. The van der Waals surface area contributed by atoms with Crippen LogP contribution in [0.15, 0.2) is 0 Å². The van der Waals surface area contributed by atoms with Gasteiger partial charge in [-0.3, -0.25) is 14.5 Å². The predicted octanol–water partition coefficient (Wildman–Crippen LogP) is 1.72. The Balaban J connectivity index is 1.67. The number of aliphatic hydroxyl groups is 1. The first kappa shape index (κ1) is 18.6. The van der Waals surface area contributed by atoms with E-state index in [0.717, 1.165) is 45.1 Å². The minimum Gasteiger partial charge on any atom is -0.480 e. The second-order valence-electron chi connectivity index (χ2n) is 8.32. The van der Waals surface area contributed by atoms with Crippen molar-refractivity contribution >= 4 is 11.9 Å². The molecule has 1 saturated carbocycles. The standard InChI is InChI=1S/C19H32N2O4/c22-16-8-11-20(12-17(23)24)13-19(16)9-5-10-21(14-19)18(25)15-6-3-1-2-4-7-15/h15-16,22H,1-14H2,(H,23,24)/t16-,19-/m1/s1. The van der Waals surface area contributed by atoms with Gasteiger partial charge in [-0.05, 0) is 32.1 Å². The van der Waals surface area contributed by atoms with Gasteiger partial charge < -0.3 is 15.1 Å². The smallest absolute Gasteiger partial charge is 0.317 e. The summed E-state index contributed by atoms with van der Waals surface area (Å²) in [7, 11) is 0. The molecule has 1 amide bonds. The zero-order valence-corrected chi connectivity index (χ0v) is 15.2. The molecule has 1 spiro atoms. The molecule has 3 aliphatic rings. The van der Waals surface area contributed by atoms with E-state index in [4.69, 9.17) is 5.11 Å². The molecule has 2 N–H and O–H groups in total. The molecule has 0 aromatic rings. The highest BCUT2D eigenvalue weighted by molar-refractivity contribution is 5.79. The Morgan fingerprint density at radius 2 is 1.68 bits per heavy atom. The van der Waals surface area contributed by atoms with Crippen LogP contribution in [0.2, 0.25) is 0 Å². The maximum absolute atomic E-state index is 13.0. The summed E-state index contributed by atoms with van der Waals surface area (Å²) in [6, 6.07) is 0. The number of rotatable bonds is 3. The molecule has 2 atom stereocenters. The lowest BCUT2D eigenvalue weighted by Gasteiger charge is -2.51. The molecular formula is C19H32N2O4. The fraction of sp³-hybridized carbons (Fsp3) is 0.895. The number of carboxylic acid groups (broad SMARTS) is 1. The molecule has 0 aromatic carbocycles. The Labute approximate surface area is 150 Å². The Morgan fingerprint density at radius 1 is 0.960 bits per heavy atom. The van der Waals surface area contributed by atoms with Crippen LogP contribution in [0.3, 0.4) is 0 Å². The number of likely N-dealkylation sites (tertiary alicyclic amines) is 2. The topological polar surface area (TPSA) is 81.1 Å². The summed E-state index contributed by atoms with van der Waals surface area (Å²) in [5.74, 6) is -0.411. The zero-order valence-electron chi connectivity index (χ0n) is 15.2. The number of piperidine rings is 2. The van der Waals surface area contributed by atoms with Crippen LogP contribution >= 0.6 is 0 Å². The summed E-state index contributed by atoms with van der Waals surface area (Å²) in [5.41, 5.74) is -0.355. The molecule has 3 fully saturated rings. The van der Waals surface area contributed by atoms with E-state index in [1.807, 2.05) is 9.80 Å². The molecule has 25 heavy (non-hydrogen) atoms. The SMILES string of the molecule is O=C(O)CN1CC[C@@H](O)[C@]2(CCCN(C(=O)C3CCCCCC3)C2)C1. The summed E-state index contributed by atoms with van der Waals surface area (Å²) in [6.45, 7) is 2.58. The van der Waals surface area contributed by atoms with E-state index in [-0.39, 0.29) is 23.8 Å². The van der Waals surface area contributed by atoms with Crippen LogP contribution in [0, 0.1) is 11.3 Å². The average Bonchev–Trinajstić information content (AvgIpc) is 2.87. The summed E-state index contributed by atoms with van der Waals surface area (Å²) in [5, 5.41) is 19.8. The number of hydrogen-bond donors (Lipinski definition) is 2. The van der Waals surface area contributed by atoms with Gasteiger partial charge in [-0.15, -0.1) is 0 Å². The molecule has 0 aromatic heterocycles. The number of amides is 1. The van der Waals surface area contributed by atoms with Crippen LogP contribution in [0.25, 0.3) is 0 Å². The zero-order chi connectivity index (χ0) is 17.9. The first-order valence-electron chi connectivity index (χ1n) is 9.91. The third kappa shape index (κ3) is 4.34. The van der Waals surface area contributed by atoms with Crippen LogP contribution < -0.4 is 0 Å². The van der Waals surface area contributed by atoms with Gasteiger partial charge in [0.1, 0.15) is 0 Å². The van der Waals surface area contributed by atoms with Gasteiger partial charge in [-0.25, -0.2) is 0 Å². The number of aliphatic hydroxyl groups excluding tert-OH is 1. The first-order valence-corrected chi connectivity index (χ1v) is 9.91. The van der Waals surface area contributed by atoms with E-state index < -0.39 is 12.1 Å². The van der Waals surface area contributed by atoms with E-state index in [1.165, 1.54) is 12.8 Å². The van der Waals surface area contributed by atoms with Crippen molar-refractivity contribution in [3.8, 4) is 0 Å². The lowest BCUT2D eigenvalue weighted by Crippen LogP contribution is -2.60. The van der Waals surface area contributed by atoms with Gasteiger partial charge in [0.25, 0.3) is 0 Å². The second kappa shape index (κ2) is 8.04. The van der Waals surface area contributed by atoms with Gasteiger partial charge in [0, 0.05) is 37.5 Å². The normalized spacial score (nSPS) is 32.5. The summed E-state index contributed by atoms with van der Waals surface area (Å²) in [4.78, 5) is 28.0. The lowest BCUT2D eigenvalue weighted by molar-refractivity contribution is -0.149. The van der Waals surface area contributed by atoms with Crippen molar-refractivity contribution in [1.82, 2.24) is 9.80 Å². The van der Waals surface area contributed by atoms with Gasteiger partial charge in [0.2, 0.25) is 5.91 Å². The predicted molar refractivity (Wildman–Crippen MR) is 94.1 cm³/mol. The number of carbonyl (C=O) groups excluding carboxylic acids is 1. The highest BCUT2D eigenvalue weighted by Crippen LogP contribution is 2.39. The van der Waals surface area contributed by atoms with Gasteiger partial charge in [-0.2, -0.15) is 0 Å². The van der Waals surface area contributed by atoms with E-state index >= 15 is 0 Å². The molecular weight excluding hydrogens is 320 g/mol. The number of nitrogens with zero attached hydrogens (tertiary/aromatic N) is 2. The van der Waals surface area contributed by atoms with Gasteiger partial charge >= 0.3 is 5.97 Å². The highest BCUT2D eigenvalue weighted by Gasteiger charge is 2.47. The van der Waals surface area contributed by atoms with Gasteiger partial charge in [0.15, 0.2) is 0 Å². The molecule has 2 saturated heterocycles. The lowest BCUT2D eigenvalue weighted by atomic mass is 9.71. The second-order valence-corrected chi connectivity index (χ2v) is 8.32. The van der Waals surface area contributed by atoms with E-state index in [1.54, 1.807) is 0 Å². The molecule has 0 unspecified atom stereocenters. The van der Waals surface area contributed by atoms with Crippen molar-refractivity contribution in [1.29, 1.82) is 0 Å². The summed E-state index contributed by atoms with van der Waals surface area (Å²) in [6.07, 6.45) is 8.67. The van der Waals surface area contributed by atoms with E-state index in [0.29, 0.717) is 26.1 Å². The Morgan fingerprint density at radius 3 is 2.36 bits per heavy atom. The van der Waals surface area contributed by atoms with Crippen molar-refractivity contribution in [2.45, 2.75) is 63.9 Å². The maximum atomic E-state index is 13.0. The van der Waals surface area contributed by atoms with Crippen LogP contribution in [-0.4, -0.2) is 70.7 Å². The van der Waals surface area contributed by atoms with Crippen molar-refractivity contribution in [2.24, 2.45) is 11.3 Å². The molecule has 1 aliphatic carbocycles. The Hall–Kier alpha value is -1.14. The first-order chi connectivity index (χ1) is 12.0. The third-order valence-electron chi connectivity index (χ3n) is 6.45. The Kier molecular flexibility index (Phi) is 6.00. The molecule has 142 valence electrons. The minimum absolute atomic E-state index is 0.0189. The van der Waals surface area contributed by atoms with E-state index in [2.05, 4.69) is 0 Å². The van der Waals surface area contributed by atoms with Gasteiger partial charge in [-0.1, -0.05) is 25.7 Å². The monoisotopic (exact) mass is 352 g/mol. The number of carboxylic acids is 1. The molecule has 2 heterocycles. The number of carbonyl (C=O) groups is 2. The fourth-order valence-electron chi connectivity index (χ4n) is 5.10.